The van der Waals surface area contributed by atoms with Crippen LogP contribution < -0.4 is 21.3 Å². The number of halogens is 2. The van der Waals surface area contributed by atoms with Gasteiger partial charge < -0.3 is 15.8 Å². The second kappa shape index (κ2) is 8.08. The molecule has 2 amide bonds. The Labute approximate surface area is 139 Å². The van der Waals surface area contributed by atoms with Crippen molar-refractivity contribution >= 4 is 29.2 Å². The number of hydrogen-bond acceptors (Lipinski definition) is 7. The van der Waals surface area contributed by atoms with E-state index in [1.54, 1.807) is 0 Å². The van der Waals surface area contributed by atoms with Gasteiger partial charge in [-0.2, -0.15) is 0 Å². The first kappa shape index (κ1) is 17.4. The minimum atomic E-state index is -0.704. The lowest BCUT2D eigenvalue weighted by molar-refractivity contribution is 0.233. The second-order valence-corrected chi connectivity index (χ2v) is 4.64. The van der Waals surface area contributed by atoms with Crippen molar-refractivity contribution in [1.29, 1.82) is 0 Å². The van der Waals surface area contributed by atoms with Crippen LogP contribution in [0.15, 0.2) is 27.8 Å². The topological polar surface area (TPSA) is 148 Å². The van der Waals surface area contributed by atoms with Gasteiger partial charge in [0.05, 0.1) is 17.3 Å². The average Bonchev–Trinajstić information content (AvgIpc) is 3.00. The number of hydroxylamine groups is 1. The van der Waals surface area contributed by atoms with Gasteiger partial charge in [-0.05, 0) is 28.5 Å². The van der Waals surface area contributed by atoms with Gasteiger partial charge in [0, 0.05) is 0 Å². The van der Waals surface area contributed by atoms with Crippen molar-refractivity contribution in [3.05, 3.63) is 34.7 Å². The quantitative estimate of drug-likeness (QED) is 0.260. The maximum atomic E-state index is 13.1. The summed E-state index contributed by atoms with van der Waals surface area (Å²) in [5.74, 6) is -0.866. The summed E-state index contributed by atoms with van der Waals surface area (Å²) in [6.45, 7) is 0.138. The van der Waals surface area contributed by atoms with Crippen molar-refractivity contribution in [3.8, 4) is 5.88 Å². The van der Waals surface area contributed by atoms with Crippen molar-refractivity contribution in [2.24, 2.45) is 10.7 Å². The van der Waals surface area contributed by atoms with Gasteiger partial charge in [0.15, 0.2) is 5.84 Å². The predicted octanol–water partition coefficient (Wildman–Crippen LogP) is 0.966. The Kier molecular flexibility index (Phi) is 5.87. The molecule has 0 saturated carbocycles. The largest absolute Gasteiger partial charge is 0.472 e. The zero-order valence-corrected chi connectivity index (χ0v) is 12.7. The average molecular weight is 359 g/mol. The molecule has 24 heavy (non-hydrogen) atoms. The number of urea groups is 1. The molecule has 0 bridgehead atoms. The molecule has 0 saturated heterocycles. The van der Waals surface area contributed by atoms with Crippen molar-refractivity contribution in [2.75, 3.05) is 13.2 Å². The first-order valence-electron chi connectivity index (χ1n) is 6.44. The van der Waals surface area contributed by atoms with E-state index in [2.05, 4.69) is 25.3 Å². The van der Waals surface area contributed by atoms with Crippen LogP contribution in [0.5, 0.6) is 5.88 Å². The minimum Gasteiger partial charge on any atom is -0.472 e. The number of ether oxygens (including phenoxy) is 1. The lowest BCUT2D eigenvalue weighted by atomic mass is 10.3. The van der Waals surface area contributed by atoms with Gasteiger partial charge in [0.25, 0.3) is 5.88 Å². The maximum absolute atomic E-state index is 13.1. The molecule has 0 aliphatic heterocycles. The Morgan fingerprint density at radius 1 is 1.50 bits per heavy atom. The highest BCUT2D eigenvalue weighted by Crippen LogP contribution is 2.23. The van der Waals surface area contributed by atoms with Crippen LogP contribution in [0.2, 0.25) is 5.02 Å². The number of aliphatic imine (C=N–C) groups is 1. The number of primary amides is 1. The van der Waals surface area contributed by atoms with E-state index in [1.165, 1.54) is 12.1 Å². The van der Waals surface area contributed by atoms with Crippen LogP contribution in [-0.4, -0.2) is 40.5 Å². The monoisotopic (exact) mass is 358 g/mol. The van der Waals surface area contributed by atoms with Gasteiger partial charge in [-0.1, -0.05) is 11.6 Å². The molecule has 0 fully saturated rings. The van der Waals surface area contributed by atoms with Crippen molar-refractivity contribution in [1.82, 2.24) is 21.1 Å². The van der Waals surface area contributed by atoms with Crippen molar-refractivity contribution in [2.45, 2.75) is 0 Å². The van der Waals surface area contributed by atoms with Crippen LogP contribution in [0.25, 0.3) is 0 Å². The molecule has 0 spiro atoms. The number of amides is 2. The number of carbonyl (C=O) groups is 1. The van der Waals surface area contributed by atoms with E-state index in [0.717, 1.165) is 6.07 Å². The lowest BCUT2D eigenvalue weighted by Gasteiger charge is -2.05. The Balaban J connectivity index is 2.15. The smallest absolute Gasteiger partial charge is 0.312 e. The highest BCUT2D eigenvalue weighted by atomic mass is 35.5. The van der Waals surface area contributed by atoms with Gasteiger partial charge in [-0.25, -0.2) is 18.8 Å². The number of carbonyl (C=O) groups excluding carboxylic acids is 1. The molecule has 0 unspecified atom stereocenters. The number of rotatable bonds is 6. The zero-order chi connectivity index (χ0) is 17.5. The molecule has 128 valence electrons. The summed E-state index contributed by atoms with van der Waals surface area (Å²) >= 11 is 5.66. The number of nitrogens with one attached hydrogen (secondary N) is 2. The van der Waals surface area contributed by atoms with Crippen molar-refractivity contribution in [3.63, 3.8) is 0 Å². The summed E-state index contributed by atoms with van der Waals surface area (Å²) < 4.78 is 22.9. The lowest BCUT2D eigenvalue weighted by Crippen LogP contribution is -2.33. The fourth-order valence-electron chi connectivity index (χ4n) is 1.56. The number of aromatic nitrogens is 2. The molecule has 10 nitrogen and oxygen atoms in total. The third-order valence-corrected chi connectivity index (χ3v) is 2.86. The Bertz CT molecular complexity index is 753. The second-order valence-electron chi connectivity index (χ2n) is 4.23. The van der Waals surface area contributed by atoms with E-state index < -0.39 is 11.8 Å². The molecule has 0 atom stereocenters. The maximum Gasteiger partial charge on any atom is 0.312 e. The van der Waals surface area contributed by atoms with E-state index in [9.17, 15) is 14.4 Å². The standard InChI is InChI=1S/C12H12ClFN6O4/c13-7-5-6(1-2-8(7)14)17-10(18-22)9-11(20-24-19-9)23-4-3-16-12(15)21/h1-2,5,22H,3-4H2,(H,17,18)(H3,15,16,21). The summed E-state index contributed by atoms with van der Waals surface area (Å²) in [5.41, 5.74) is 6.92. The molecule has 2 rings (SSSR count). The Hall–Kier alpha value is -2.92. The molecule has 1 aromatic heterocycles. The summed E-state index contributed by atoms with van der Waals surface area (Å²) in [5, 5.41) is 18.5. The van der Waals surface area contributed by atoms with Crippen LogP contribution in [0.4, 0.5) is 14.9 Å². The molecule has 2 aromatic rings. The zero-order valence-electron chi connectivity index (χ0n) is 12.0. The fourth-order valence-corrected chi connectivity index (χ4v) is 1.73. The van der Waals surface area contributed by atoms with Gasteiger partial charge in [0.1, 0.15) is 12.4 Å². The first-order chi connectivity index (χ1) is 11.5. The van der Waals surface area contributed by atoms with Gasteiger partial charge in [-0.15, -0.1) is 0 Å². The number of nitrogens with two attached hydrogens (primary N) is 1. The summed E-state index contributed by atoms with van der Waals surface area (Å²) in [4.78, 5) is 14.6. The number of nitrogens with zero attached hydrogens (tertiary/aromatic N) is 3. The SMILES string of the molecule is NC(=O)NCCOc1nonc1C(=Nc1ccc(F)c(Cl)c1)NO. The number of benzene rings is 1. The molecule has 0 aliphatic rings. The third kappa shape index (κ3) is 4.54. The first-order valence-corrected chi connectivity index (χ1v) is 6.82. The minimum absolute atomic E-state index is 0.0191. The van der Waals surface area contributed by atoms with Crippen LogP contribution in [0.1, 0.15) is 5.69 Å². The Morgan fingerprint density at radius 3 is 2.96 bits per heavy atom. The normalized spacial score (nSPS) is 11.2. The highest BCUT2D eigenvalue weighted by molar-refractivity contribution is 6.31. The molecule has 1 heterocycles. The van der Waals surface area contributed by atoms with Gasteiger partial charge in [-0.3, -0.25) is 10.7 Å². The number of hydrogen-bond donors (Lipinski definition) is 4. The highest BCUT2D eigenvalue weighted by Gasteiger charge is 2.18. The van der Waals surface area contributed by atoms with Gasteiger partial charge in [0.2, 0.25) is 5.69 Å². The Morgan fingerprint density at radius 2 is 2.29 bits per heavy atom. The molecule has 0 aliphatic carbocycles. The third-order valence-electron chi connectivity index (χ3n) is 2.57. The van der Waals surface area contributed by atoms with E-state index in [1.807, 2.05) is 5.48 Å². The van der Waals surface area contributed by atoms with E-state index >= 15 is 0 Å². The van der Waals surface area contributed by atoms with E-state index in [4.69, 9.17) is 22.1 Å². The fraction of sp³-hybridized carbons (Fsp3) is 0.167. The predicted molar refractivity (Wildman–Crippen MR) is 79.9 cm³/mol. The van der Waals surface area contributed by atoms with Crippen molar-refractivity contribution < 1.29 is 23.8 Å². The van der Waals surface area contributed by atoms with Crippen LogP contribution >= 0.6 is 11.6 Å². The summed E-state index contributed by atoms with van der Waals surface area (Å²) in [6, 6.07) is 3.00. The summed E-state index contributed by atoms with van der Waals surface area (Å²) in [7, 11) is 0. The molecular formula is C12H12ClFN6O4. The molecular weight excluding hydrogens is 347 g/mol. The summed E-state index contributed by atoms with van der Waals surface area (Å²) in [6.07, 6.45) is 0. The van der Waals surface area contributed by atoms with E-state index in [0.29, 0.717) is 0 Å². The molecule has 1 aromatic carbocycles. The molecule has 0 radical (unpaired) electrons. The number of amidine groups is 1. The van der Waals surface area contributed by atoms with Gasteiger partial charge >= 0.3 is 6.03 Å². The van der Waals surface area contributed by atoms with Crippen LogP contribution in [0.3, 0.4) is 0 Å². The van der Waals surface area contributed by atoms with Crippen LogP contribution in [-0.2, 0) is 0 Å². The molecule has 5 N–H and O–H groups in total. The van der Waals surface area contributed by atoms with E-state index in [-0.39, 0.29) is 41.3 Å². The van der Waals surface area contributed by atoms with Crippen LogP contribution in [0, 0.1) is 5.82 Å². The molecule has 12 heteroatoms.